The lowest BCUT2D eigenvalue weighted by Crippen LogP contribution is -2.25. The van der Waals surface area contributed by atoms with E-state index >= 15 is 0 Å². The van der Waals surface area contributed by atoms with Crippen LogP contribution >= 0.6 is 0 Å². The minimum absolute atomic E-state index is 0.0848. The van der Waals surface area contributed by atoms with Gasteiger partial charge in [-0.1, -0.05) is 19.3 Å². The Kier molecular flexibility index (Phi) is 3.22. The van der Waals surface area contributed by atoms with Gasteiger partial charge in [-0.05, 0) is 24.3 Å². The van der Waals surface area contributed by atoms with Crippen LogP contribution in [0.3, 0.4) is 0 Å². The molecule has 0 bridgehead atoms. The van der Waals surface area contributed by atoms with Crippen LogP contribution in [0.5, 0.6) is 0 Å². The summed E-state index contributed by atoms with van der Waals surface area (Å²) in [5, 5.41) is 9.22. The van der Waals surface area contributed by atoms with Crippen molar-refractivity contribution < 1.29 is 4.42 Å². The number of hydrogen-bond acceptors (Lipinski definition) is 5. The highest BCUT2D eigenvalue weighted by Gasteiger charge is 2.22. The first-order chi connectivity index (χ1) is 10.1. The predicted octanol–water partition coefficient (Wildman–Crippen LogP) is 0.774. The maximum absolute atomic E-state index is 12.0. The van der Waals surface area contributed by atoms with Gasteiger partial charge in [-0.3, -0.25) is 14.8 Å². The minimum Gasteiger partial charge on any atom is -0.404 e. The van der Waals surface area contributed by atoms with Gasteiger partial charge in [0.1, 0.15) is 17.0 Å². The number of aromatic nitrogens is 2. The number of hydrogen-bond donors (Lipinski definition) is 2. The molecule has 3 rings (SSSR count). The van der Waals surface area contributed by atoms with Gasteiger partial charge >= 0.3 is 11.3 Å². The average Bonchev–Trinajstić information content (AvgIpc) is 3.21. The fourth-order valence-corrected chi connectivity index (χ4v) is 2.55. The third-order valence-corrected chi connectivity index (χ3v) is 3.76. The molecule has 0 unspecified atom stereocenters. The maximum atomic E-state index is 12.0. The Morgan fingerprint density at radius 3 is 2.67 bits per heavy atom. The number of fused-ring (bicyclic) bond motifs is 1. The van der Waals surface area contributed by atoms with Crippen LogP contribution in [0.15, 0.2) is 18.8 Å². The largest absolute Gasteiger partial charge is 0.404 e. The molecule has 1 aliphatic carbocycles. The lowest BCUT2D eigenvalue weighted by atomic mass is 10.0. The third-order valence-electron chi connectivity index (χ3n) is 3.76. The van der Waals surface area contributed by atoms with Crippen LogP contribution in [-0.4, -0.2) is 9.97 Å². The molecule has 2 aromatic heterocycles. The van der Waals surface area contributed by atoms with Gasteiger partial charge in [-0.25, -0.2) is 9.59 Å². The molecule has 108 valence electrons. The summed E-state index contributed by atoms with van der Waals surface area (Å²) in [6, 6.07) is 1.80. The lowest BCUT2D eigenvalue weighted by Gasteiger charge is -2.06. The molecule has 21 heavy (non-hydrogen) atoms. The summed E-state index contributed by atoms with van der Waals surface area (Å²) in [6.07, 6.45) is 4.67. The SMILES string of the molecule is N#Cc1c(CCCC2CC2)c2c(=O)[nH]c(=O)[nH]c2oc1=O. The van der Waals surface area contributed by atoms with E-state index in [1.807, 2.05) is 0 Å². The number of aromatic amines is 2. The molecule has 2 aromatic rings. The molecule has 2 heterocycles. The van der Waals surface area contributed by atoms with Crippen molar-refractivity contribution >= 4 is 11.1 Å². The number of nitrogens with one attached hydrogen (secondary N) is 2. The molecule has 2 N–H and O–H groups in total. The fraction of sp³-hybridized carbons (Fsp3) is 0.429. The first kappa shape index (κ1) is 13.4. The van der Waals surface area contributed by atoms with Crippen molar-refractivity contribution in [3.8, 4) is 6.07 Å². The summed E-state index contributed by atoms with van der Waals surface area (Å²) in [5.41, 5.74) is -2.18. The van der Waals surface area contributed by atoms with Crippen molar-refractivity contribution in [1.29, 1.82) is 5.26 Å². The summed E-state index contributed by atoms with van der Waals surface area (Å²) >= 11 is 0. The van der Waals surface area contributed by atoms with Crippen molar-refractivity contribution in [2.75, 3.05) is 0 Å². The molecule has 0 aliphatic heterocycles. The summed E-state index contributed by atoms with van der Waals surface area (Å²) in [7, 11) is 0. The molecule has 0 amide bonds. The number of nitriles is 1. The molecule has 1 aliphatic rings. The summed E-state index contributed by atoms with van der Waals surface area (Å²) < 4.78 is 4.87. The van der Waals surface area contributed by atoms with Gasteiger partial charge in [-0.15, -0.1) is 0 Å². The Morgan fingerprint density at radius 1 is 1.24 bits per heavy atom. The van der Waals surface area contributed by atoms with Crippen LogP contribution in [0, 0.1) is 17.2 Å². The molecule has 7 heteroatoms. The van der Waals surface area contributed by atoms with E-state index in [4.69, 9.17) is 9.68 Å². The number of aryl methyl sites for hydroxylation is 1. The topological polar surface area (TPSA) is 120 Å². The smallest absolute Gasteiger partial charge is 0.355 e. The molecule has 1 fully saturated rings. The van der Waals surface area contributed by atoms with Gasteiger partial charge in [-0.2, -0.15) is 5.26 Å². The quantitative estimate of drug-likeness (QED) is 0.860. The minimum atomic E-state index is -0.826. The van der Waals surface area contributed by atoms with Crippen LogP contribution in [0.2, 0.25) is 0 Å². The summed E-state index contributed by atoms with van der Waals surface area (Å²) in [6.45, 7) is 0. The van der Waals surface area contributed by atoms with E-state index in [0.717, 1.165) is 18.8 Å². The standard InChI is InChI=1S/C14H13N3O4/c15-6-9-8(3-1-2-7-4-5-7)10-11(18)16-14(20)17-12(10)21-13(9)19/h7H,1-5H2,(H2,16,17,18,20). The van der Waals surface area contributed by atoms with Crippen molar-refractivity contribution in [3.63, 3.8) is 0 Å². The van der Waals surface area contributed by atoms with E-state index in [1.54, 1.807) is 6.07 Å². The third kappa shape index (κ3) is 2.52. The Balaban J connectivity index is 2.17. The molecular formula is C14H13N3O4. The van der Waals surface area contributed by atoms with Crippen LogP contribution in [0.25, 0.3) is 11.1 Å². The molecule has 0 atom stereocenters. The van der Waals surface area contributed by atoms with Gasteiger partial charge in [0, 0.05) is 0 Å². The van der Waals surface area contributed by atoms with Crippen LogP contribution in [-0.2, 0) is 6.42 Å². The van der Waals surface area contributed by atoms with Gasteiger partial charge < -0.3 is 4.42 Å². The number of rotatable bonds is 4. The van der Waals surface area contributed by atoms with Gasteiger partial charge in [0.15, 0.2) is 0 Å². The highest BCUT2D eigenvalue weighted by atomic mass is 16.4. The van der Waals surface area contributed by atoms with Gasteiger partial charge in [0.05, 0.1) is 0 Å². The Morgan fingerprint density at radius 2 is 2.00 bits per heavy atom. The molecular weight excluding hydrogens is 274 g/mol. The molecule has 0 aromatic carbocycles. The zero-order valence-electron chi connectivity index (χ0n) is 11.2. The Hall–Kier alpha value is -2.62. The van der Waals surface area contributed by atoms with Crippen molar-refractivity contribution in [2.45, 2.75) is 32.1 Å². The number of nitrogens with zero attached hydrogens (tertiary/aromatic N) is 1. The second-order valence-corrected chi connectivity index (χ2v) is 5.30. The zero-order valence-corrected chi connectivity index (χ0v) is 11.2. The van der Waals surface area contributed by atoms with E-state index < -0.39 is 16.9 Å². The van der Waals surface area contributed by atoms with Gasteiger partial charge in [0.25, 0.3) is 5.56 Å². The van der Waals surface area contributed by atoms with E-state index in [2.05, 4.69) is 9.97 Å². The molecule has 0 spiro atoms. The monoisotopic (exact) mass is 287 g/mol. The van der Waals surface area contributed by atoms with E-state index in [1.165, 1.54) is 12.8 Å². The average molecular weight is 287 g/mol. The van der Waals surface area contributed by atoms with Crippen LogP contribution < -0.4 is 16.9 Å². The van der Waals surface area contributed by atoms with Crippen molar-refractivity contribution in [3.05, 3.63) is 42.4 Å². The van der Waals surface area contributed by atoms with Gasteiger partial charge in [0.2, 0.25) is 5.71 Å². The van der Waals surface area contributed by atoms with Crippen molar-refractivity contribution in [2.24, 2.45) is 5.92 Å². The normalized spacial score (nSPS) is 14.2. The van der Waals surface area contributed by atoms with E-state index in [9.17, 15) is 14.4 Å². The first-order valence-electron chi connectivity index (χ1n) is 6.82. The highest BCUT2D eigenvalue weighted by Crippen LogP contribution is 2.34. The lowest BCUT2D eigenvalue weighted by molar-refractivity contribution is 0.540. The Labute approximate surface area is 118 Å². The fourth-order valence-electron chi connectivity index (χ4n) is 2.55. The van der Waals surface area contributed by atoms with E-state index in [-0.39, 0.29) is 16.7 Å². The Bertz CT molecular complexity index is 909. The molecule has 1 saturated carbocycles. The van der Waals surface area contributed by atoms with Crippen LogP contribution in [0.4, 0.5) is 0 Å². The first-order valence-corrected chi connectivity index (χ1v) is 6.82. The maximum Gasteiger partial charge on any atom is 0.355 e. The molecule has 0 saturated heterocycles. The summed E-state index contributed by atoms with van der Waals surface area (Å²) in [4.78, 5) is 39.4. The highest BCUT2D eigenvalue weighted by molar-refractivity contribution is 5.77. The van der Waals surface area contributed by atoms with E-state index in [0.29, 0.717) is 12.0 Å². The molecule has 7 nitrogen and oxygen atoms in total. The summed E-state index contributed by atoms with van der Waals surface area (Å²) in [5.74, 6) is 0.722. The zero-order chi connectivity index (χ0) is 15.0. The second kappa shape index (κ2) is 5.05. The molecule has 0 radical (unpaired) electrons. The van der Waals surface area contributed by atoms with Crippen LogP contribution in [0.1, 0.15) is 36.8 Å². The number of H-pyrrole nitrogens is 2. The second-order valence-electron chi connectivity index (χ2n) is 5.30. The van der Waals surface area contributed by atoms with Crippen molar-refractivity contribution in [1.82, 2.24) is 9.97 Å². The predicted molar refractivity (Wildman–Crippen MR) is 74.1 cm³/mol.